The maximum absolute atomic E-state index is 12.0. The molecule has 0 saturated heterocycles. The van der Waals surface area contributed by atoms with Crippen LogP contribution in [0.5, 0.6) is 5.75 Å². The zero-order valence-electron chi connectivity index (χ0n) is 20.6. The number of aliphatic hydroxyl groups is 1. The smallest absolute Gasteiger partial charge is 0.231 e. The molecule has 1 atom stereocenters. The molecule has 0 aliphatic heterocycles. The van der Waals surface area contributed by atoms with E-state index in [0.29, 0.717) is 24.1 Å². The second kappa shape index (κ2) is 12.4. The Balaban J connectivity index is 0.00000342. The van der Waals surface area contributed by atoms with Crippen molar-refractivity contribution in [3.8, 4) is 5.75 Å². The third-order valence-electron chi connectivity index (χ3n) is 6.86. The zero-order valence-corrected chi connectivity index (χ0v) is 23.0. The lowest BCUT2D eigenvalue weighted by Crippen LogP contribution is -3.00. The summed E-state index contributed by atoms with van der Waals surface area (Å²) in [5.41, 5.74) is -0.327. The van der Waals surface area contributed by atoms with Gasteiger partial charge < -0.3 is 35.7 Å². The molecule has 1 N–H and O–H groups in total. The number of halogens is 2. The van der Waals surface area contributed by atoms with Gasteiger partial charge in [0.05, 0.1) is 33.4 Å². The average molecular weight is 564 g/mol. The van der Waals surface area contributed by atoms with Crippen molar-refractivity contribution in [2.75, 3.05) is 27.2 Å². The van der Waals surface area contributed by atoms with Crippen molar-refractivity contribution in [1.82, 2.24) is 4.98 Å². The van der Waals surface area contributed by atoms with Gasteiger partial charge in [0.25, 0.3) is 0 Å². The van der Waals surface area contributed by atoms with Gasteiger partial charge in [-0.2, -0.15) is 0 Å². The van der Waals surface area contributed by atoms with Gasteiger partial charge in [-0.15, -0.1) is 0 Å². The van der Waals surface area contributed by atoms with Gasteiger partial charge in [-0.3, -0.25) is 0 Å². The lowest BCUT2D eigenvalue weighted by atomic mass is 9.73. The fourth-order valence-corrected chi connectivity index (χ4v) is 5.14. The molecule has 0 spiro atoms. The number of benzene rings is 2. The minimum Gasteiger partial charge on any atom is -1.00 e. The number of ether oxygens (including phenoxy) is 1. The van der Waals surface area contributed by atoms with E-state index in [0.717, 1.165) is 60.2 Å². The van der Waals surface area contributed by atoms with Crippen LogP contribution in [-0.4, -0.2) is 41.8 Å². The lowest BCUT2D eigenvalue weighted by molar-refractivity contribution is -0.904. The first-order chi connectivity index (χ1) is 16.4. The number of oxazole rings is 1. The molecule has 5 nitrogen and oxygen atoms in total. The summed E-state index contributed by atoms with van der Waals surface area (Å²) in [4.78, 5) is 4.61. The molecule has 1 aliphatic rings. The van der Waals surface area contributed by atoms with Gasteiger partial charge in [0.15, 0.2) is 11.4 Å². The SMILES string of the molecule is C[N+](C)(CCCOc1ccc(Cl)cc1)Cc1cnc([C@](O)(c2ccccc2)C2CCCCC2)o1.[Br-]. The third-order valence-corrected chi connectivity index (χ3v) is 7.12. The van der Waals surface area contributed by atoms with E-state index in [1.807, 2.05) is 54.6 Å². The molecule has 35 heavy (non-hydrogen) atoms. The minimum atomic E-state index is -1.19. The molecule has 1 aliphatic carbocycles. The van der Waals surface area contributed by atoms with Crippen LogP contribution in [0.3, 0.4) is 0 Å². The monoisotopic (exact) mass is 562 g/mol. The lowest BCUT2D eigenvalue weighted by Gasteiger charge is -2.36. The summed E-state index contributed by atoms with van der Waals surface area (Å²) in [6.45, 7) is 2.26. The number of rotatable bonds is 10. The zero-order chi connectivity index (χ0) is 24.0. The highest BCUT2D eigenvalue weighted by Gasteiger charge is 2.44. The largest absolute Gasteiger partial charge is 1.00 e. The fourth-order valence-electron chi connectivity index (χ4n) is 5.02. The Morgan fingerprint density at radius 3 is 2.43 bits per heavy atom. The molecule has 7 heteroatoms. The first kappa shape index (κ1) is 27.7. The summed E-state index contributed by atoms with van der Waals surface area (Å²) in [7, 11) is 4.35. The molecule has 0 amide bonds. The molecule has 3 aromatic rings. The van der Waals surface area contributed by atoms with Crippen molar-refractivity contribution in [3.63, 3.8) is 0 Å². The molecule has 4 rings (SSSR count). The summed E-state index contributed by atoms with van der Waals surface area (Å²) < 4.78 is 12.8. The van der Waals surface area contributed by atoms with E-state index in [1.54, 1.807) is 6.20 Å². The van der Waals surface area contributed by atoms with Crippen LogP contribution in [-0.2, 0) is 12.1 Å². The topological polar surface area (TPSA) is 55.5 Å². The highest BCUT2D eigenvalue weighted by molar-refractivity contribution is 6.30. The van der Waals surface area contributed by atoms with E-state index < -0.39 is 5.60 Å². The van der Waals surface area contributed by atoms with Crippen molar-refractivity contribution < 1.29 is 35.7 Å². The molecule has 0 unspecified atom stereocenters. The Labute approximate surface area is 224 Å². The van der Waals surface area contributed by atoms with E-state index in [-0.39, 0.29) is 22.9 Å². The van der Waals surface area contributed by atoms with Gasteiger partial charge in [0.2, 0.25) is 5.89 Å². The number of nitrogens with zero attached hydrogens (tertiary/aromatic N) is 2. The number of hydrogen-bond donors (Lipinski definition) is 1. The highest BCUT2D eigenvalue weighted by Crippen LogP contribution is 2.43. The van der Waals surface area contributed by atoms with Crippen LogP contribution < -0.4 is 21.7 Å². The summed E-state index contributed by atoms with van der Waals surface area (Å²) in [6, 6.07) is 17.3. The van der Waals surface area contributed by atoms with E-state index in [1.165, 1.54) is 6.42 Å². The third kappa shape index (κ3) is 7.10. The van der Waals surface area contributed by atoms with Crippen LogP contribution in [0.15, 0.2) is 65.2 Å². The second-order valence-corrected chi connectivity index (χ2v) is 10.5. The van der Waals surface area contributed by atoms with Crippen LogP contribution in [0.4, 0.5) is 0 Å². The average Bonchev–Trinajstić information content (AvgIpc) is 3.32. The van der Waals surface area contributed by atoms with Gasteiger partial charge >= 0.3 is 0 Å². The predicted octanol–water partition coefficient (Wildman–Crippen LogP) is 3.19. The molecule has 1 fully saturated rings. The molecule has 1 aromatic heterocycles. The molecule has 0 radical (unpaired) electrons. The normalized spacial score (nSPS) is 16.3. The van der Waals surface area contributed by atoms with Gasteiger partial charge in [0, 0.05) is 17.4 Å². The molecule has 1 heterocycles. The second-order valence-electron chi connectivity index (χ2n) is 10.1. The summed E-state index contributed by atoms with van der Waals surface area (Å²) >= 11 is 5.93. The number of hydrogen-bond acceptors (Lipinski definition) is 4. The van der Waals surface area contributed by atoms with Crippen molar-refractivity contribution >= 4 is 11.6 Å². The van der Waals surface area contributed by atoms with E-state index >= 15 is 0 Å². The van der Waals surface area contributed by atoms with Crippen molar-refractivity contribution in [2.24, 2.45) is 5.92 Å². The van der Waals surface area contributed by atoms with Crippen LogP contribution in [0.2, 0.25) is 5.02 Å². The Morgan fingerprint density at radius 1 is 1.06 bits per heavy atom. The summed E-state index contributed by atoms with van der Waals surface area (Å²) in [6.07, 6.45) is 8.16. The maximum Gasteiger partial charge on any atom is 0.231 e. The van der Waals surface area contributed by atoms with Crippen LogP contribution in [0, 0.1) is 5.92 Å². The van der Waals surface area contributed by atoms with Gasteiger partial charge in [-0.25, -0.2) is 4.98 Å². The fraction of sp³-hybridized carbons (Fsp3) is 0.464. The Bertz CT molecular complexity index is 1040. The first-order valence-electron chi connectivity index (χ1n) is 12.3. The summed E-state index contributed by atoms with van der Waals surface area (Å²) in [5.74, 6) is 2.16. The van der Waals surface area contributed by atoms with Crippen LogP contribution in [0.1, 0.15) is 55.7 Å². The highest BCUT2D eigenvalue weighted by atomic mass is 79.9. The molecule has 190 valence electrons. The molecule has 2 aromatic carbocycles. The maximum atomic E-state index is 12.0. The number of quaternary nitrogens is 1. The minimum absolute atomic E-state index is 0. The summed E-state index contributed by atoms with van der Waals surface area (Å²) in [5, 5.41) is 12.7. The van der Waals surface area contributed by atoms with E-state index in [9.17, 15) is 5.11 Å². The molecular formula is C28H36BrClN2O3. The van der Waals surface area contributed by atoms with Crippen LogP contribution in [0.25, 0.3) is 0 Å². The Hall–Kier alpha value is -1.86. The van der Waals surface area contributed by atoms with E-state index in [2.05, 4.69) is 19.1 Å². The molecular weight excluding hydrogens is 528 g/mol. The Morgan fingerprint density at radius 2 is 1.74 bits per heavy atom. The van der Waals surface area contributed by atoms with Crippen LogP contribution >= 0.6 is 11.6 Å². The molecule has 1 saturated carbocycles. The van der Waals surface area contributed by atoms with E-state index in [4.69, 9.17) is 20.8 Å². The Kier molecular flexibility index (Phi) is 9.82. The van der Waals surface area contributed by atoms with Crippen molar-refractivity contribution in [3.05, 3.63) is 83.0 Å². The van der Waals surface area contributed by atoms with Gasteiger partial charge in [0.1, 0.15) is 12.3 Å². The van der Waals surface area contributed by atoms with Crippen molar-refractivity contribution in [2.45, 2.75) is 50.7 Å². The first-order valence-corrected chi connectivity index (χ1v) is 12.7. The standard InChI is InChI=1S/C28H36ClN2O3.BrH/c1-31(2,18-9-19-33-25-16-14-24(29)15-17-25)21-26-20-30-27(34-26)28(32,22-10-5-3-6-11-22)23-12-7-4-8-13-23;/h3,5-6,10-11,14-17,20,23,32H,4,7-9,12-13,18-19,21H2,1-2H3;1H/q+1;/p-1/t28-;/m0./s1. The quantitative estimate of drug-likeness (QED) is 0.304. The molecule has 0 bridgehead atoms. The van der Waals surface area contributed by atoms with Gasteiger partial charge in [-0.1, -0.05) is 61.2 Å². The van der Waals surface area contributed by atoms with Crippen molar-refractivity contribution in [1.29, 1.82) is 0 Å². The number of aromatic nitrogens is 1. The van der Waals surface area contributed by atoms with Gasteiger partial charge in [-0.05, 0) is 42.7 Å². The predicted molar refractivity (Wildman–Crippen MR) is 135 cm³/mol.